The maximum atomic E-state index is 5.82. The van der Waals surface area contributed by atoms with Gasteiger partial charge in [0.05, 0.1) is 6.61 Å². The summed E-state index contributed by atoms with van der Waals surface area (Å²) >= 11 is 0. The molecule has 0 aromatic heterocycles. The molecule has 0 aliphatic carbocycles. The molecule has 0 N–H and O–H groups in total. The Morgan fingerprint density at radius 3 is 1.05 bits per heavy atom. The lowest BCUT2D eigenvalue weighted by atomic mass is 9.77. The summed E-state index contributed by atoms with van der Waals surface area (Å²) < 4.78 is 16.2. The molecule has 282 valence electrons. The van der Waals surface area contributed by atoms with E-state index in [1.54, 1.807) is 14.2 Å². The Morgan fingerprint density at radius 1 is 0.477 bits per heavy atom. The Morgan fingerprint density at radius 2 is 0.818 bits per heavy atom. The third-order valence-corrected chi connectivity index (χ3v) is 8.99. The maximum absolute atomic E-state index is 5.82. The fraction of sp³-hybridized carbons (Fsp3) is 1.00. The Labute approximate surface area is 287 Å². The number of hydrogen-bond acceptors (Lipinski definition) is 3. The van der Waals surface area contributed by atoms with Gasteiger partial charge in [-0.05, 0) is 67.6 Å². The van der Waals surface area contributed by atoms with Gasteiger partial charge in [-0.1, -0.05) is 165 Å². The van der Waals surface area contributed by atoms with Crippen LogP contribution in [-0.4, -0.2) is 40.6 Å². The number of ether oxygens (including phenoxy) is 3. The van der Waals surface area contributed by atoms with Gasteiger partial charge in [-0.15, -0.1) is 0 Å². The summed E-state index contributed by atoms with van der Waals surface area (Å²) in [5, 5.41) is 0. The van der Waals surface area contributed by atoms with E-state index in [1.165, 1.54) is 77.0 Å². The second kappa shape index (κ2) is 47.3. The van der Waals surface area contributed by atoms with Crippen LogP contribution in [0.3, 0.4) is 0 Å². The molecule has 0 aromatic rings. The van der Waals surface area contributed by atoms with Crippen LogP contribution in [-0.2, 0) is 14.2 Å². The van der Waals surface area contributed by atoms with Gasteiger partial charge in [-0.25, -0.2) is 0 Å². The van der Waals surface area contributed by atoms with Crippen molar-refractivity contribution in [1.82, 2.24) is 0 Å². The van der Waals surface area contributed by atoms with Crippen LogP contribution in [0, 0.1) is 22.7 Å². The highest BCUT2D eigenvalue weighted by atomic mass is 16.5. The minimum atomic E-state index is 0. The van der Waals surface area contributed by atoms with Crippen LogP contribution in [0.15, 0.2) is 0 Å². The van der Waals surface area contributed by atoms with E-state index in [9.17, 15) is 0 Å². The van der Waals surface area contributed by atoms with Gasteiger partial charge in [0, 0.05) is 34.0 Å². The number of hydrogen-bond donors (Lipinski definition) is 0. The molecule has 0 aliphatic rings. The third kappa shape index (κ3) is 38.1. The molecule has 3 heteroatoms. The highest BCUT2D eigenvalue weighted by Crippen LogP contribution is 2.34. The summed E-state index contributed by atoms with van der Waals surface area (Å²) in [7, 11) is 3.54. The SMILES string of the molecule is C.C.C.C.C.C.CCC(CC)(CC)CC.CCCC(C)CC(C)CCC.CCCOCC(CC)(CCCOC)CCCOC. The summed E-state index contributed by atoms with van der Waals surface area (Å²) in [6, 6.07) is 0. The standard InChI is InChI=1S/C15H32O3.C11H24.C9H20.6CH4/c1-5-11-18-14-15(6-2,9-7-12-16-3)10-8-13-17-4;1-5-7-10(3)9-11(4)8-6-2;1-5-9(6-2,7-3)8-4;;;;;;/h5-14H2,1-4H3;10-11H,5-9H2,1-4H3;5-8H2,1-4H3;6*1H4. The first-order valence-corrected chi connectivity index (χ1v) is 16.7. The van der Waals surface area contributed by atoms with Crippen LogP contribution in [0.25, 0.3) is 0 Å². The highest BCUT2D eigenvalue weighted by molar-refractivity contribution is 4.78. The van der Waals surface area contributed by atoms with Crippen molar-refractivity contribution >= 4 is 0 Å². The maximum Gasteiger partial charge on any atom is 0.0522 e. The fourth-order valence-electron chi connectivity index (χ4n) is 5.75. The average Bonchev–Trinajstić information content (AvgIpc) is 2.91. The van der Waals surface area contributed by atoms with Gasteiger partial charge < -0.3 is 14.2 Å². The molecular formula is C41H100O3. The Bertz CT molecular complexity index is 380. The van der Waals surface area contributed by atoms with E-state index >= 15 is 0 Å². The van der Waals surface area contributed by atoms with Gasteiger partial charge in [0.25, 0.3) is 0 Å². The quantitative estimate of drug-likeness (QED) is 0.104. The molecule has 0 bridgehead atoms. The zero-order chi connectivity index (χ0) is 29.7. The lowest BCUT2D eigenvalue weighted by Crippen LogP contribution is -2.27. The molecule has 0 rings (SSSR count). The van der Waals surface area contributed by atoms with Crippen molar-refractivity contribution < 1.29 is 14.2 Å². The lowest BCUT2D eigenvalue weighted by molar-refractivity contribution is 0.0191. The number of rotatable bonds is 23. The number of methoxy groups -OCH3 is 2. The van der Waals surface area contributed by atoms with Crippen LogP contribution in [0.2, 0.25) is 0 Å². The fourth-order valence-corrected chi connectivity index (χ4v) is 5.75. The van der Waals surface area contributed by atoms with E-state index in [4.69, 9.17) is 14.2 Å². The van der Waals surface area contributed by atoms with Gasteiger partial charge in [0.2, 0.25) is 0 Å². The molecule has 0 radical (unpaired) electrons. The van der Waals surface area contributed by atoms with Crippen molar-refractivity contribution in [2.75, 3.05) is 40.6 Å². The normalized spacial score (nSPS) is 11.5. The molecule has 2 unspecified atom stereocenters. The summed E-state index contributed by atoms with van der Waals surface area (Å²) in [5.41, 5.74) is 0.978. The zero-order valence-electron chi connectivity index (χ0n) is 28.8. The predicted octanol–water partition coefficient (Wildman–Crippen LogP) is 15.3. The van der Waals surface area contributed by atoms with Gasteiger partial charge in [-0.2, -0.15) is 0 Å². The van der Waals surface area contributed by atoms with Crippen molar-refractivity contribution in [2.24, 2.45) is 22.7 Å². The molecule has 2 atom stereocenters. The summed E-state index contributed by atoms with van der Waals surface area (Å²) in [6.45, 7) is 26.4. The van der Waals surface area contributed by atoms with Crippen LogP contribution in [0.1, 0.15) is 210 Å². The molecule has 0 amide bonds. The second-order valence-electron chi connectivity index (χ2n) is 12.0. The average molecular weight is 641 g/mol. The second-order valence-corrected chi connectivity index (χ2v) is 12.0. The summed E-state index contributed by atoms with van der Waals surface area (Å²) in [6.07, 6.45) is 19.2. The van der Waals surface area contributed by atoms with E-state index < -0.39 is 0 Å². The first kappa shape index (κ1) is 66.3. The van der Waals surface area contributed by atoms with Crippen LogP contribution >= 0.6 is 0 Å². The predicted molar refractivity (Wildman–Crippen MR) is 213 cm³/mol. The van der Waals surface area contributed by atoms with E-state index in [2.05, 4.69) is 69.2 Å². The zero-order valence-corrected chi connectivity index (χ0v) is 28.8. The Kier molecular flexibility index (Phi) is 71.3. The van der Waals surface area contributed by atoms with E-state index in [-0.39, 0.29) is 44.6 Å². The molecule has 0 aliphatic heterocycles. The van der Waals surface area contributed by atoms with Gasteiger partial charge in [0.1, 0.15) is 0 Å². The van der Waals surface area contributed by atoms with Crippen molar-refractivity contribution in [3.63, 3.8) is 0 Å². The first-order valence-electron chi connectivity index (χ1n) is 16.7. The Hall–Kier alpha value is -0.120. The van der Waals surface area contributed by atoms with E-state index in [0.29, 0.717) is 10.8 Å². The molecule has 0 fully saturated rings. The molecule has 0 saturated heterocycles. The van der Waals surface area contributed by atoms with E-state index in [1.807, 2.05) is 0 Å². The molecular weight excluding hydrogens is 540 g/mol. The van der Waals surface area contributed by atoms with Gasteiger partial charge in [-0.3, -0.25) is 0 Å². The van der Waals surface area contributed by atoms with Gasteiger partial charge in [0.15, 0.2) is 0 Å². The van der Waals surface area contributed by atoms with Crippen LogP contribution in [0.4, 0.5) is 0 Å². The molecule has 0 heterocycles. The minimum absolute atomic E-state index is 0. The monoisotopic (exact) mass is 641 g/mol. The van der Waals surface area contributed by atoms with Crippen molar-refractivity contribution in [3.8, 4) is 0 Å². The molecule has 0 aromatic carbocycles. The van der Waals surface area contributed by atoms with Gasteiger partial charge >= 0.3 is 0 Å². The molecule has 3 nitrogen and oxygen atoms in total. The van der Waals surface area contributed by atoms with Crippen LogP contribution < -0.4 is 0 Å². The first-order chi connectivity index (χ1) is 18.2. The largest absolute Gasteiger partial charge is 0.385 e. The van der Waals surface area contributed by atoms with Crippen molar-refractivity contribution in [2.45, 2.75) is 210 Å². The van der Waals surface area contributed by atoms with Crippen molar-refractivity contribution in [3.05, 3.63) is 0 Å². The topological polar surface area (TPSA) is 27.7 Å². The minimum Gasteiger partial charge on any atom is -0.385 e. The Balaban J connectivity index is -0.0000000593. The molecule has 44 heavy (non-hydrogen) atoms. The summed E-state index contributed by atoms with van der Waals surface area (Å²) in [4.78, 5) is 0. The molecule has 0 saturated carbocycles. The van der Waals surface area contributed by atoms with E-state index in [0.717, 1.165) is 57.5 Å². The lowest BCUT2D eigenvalue weighted by Gasteiger charge is -2.33. The summed E-state index contributed by atoms with van der Waals surface area (Å²) in [5.74, 6) is 1.89. The smallest absolute Gasteiger partial charge is 0.0522 e. The molecule has 0 spiro atoms. The highest BCUT2D eigenvalue weighted by Gasteiger charge is 2.27. The van der Waals surface area contributed by atoms with Crippen LogP contribution in [0.5, 0.6) is 0 Å². The van der Waals surface area contributed by atoms with Crippen molar-refractivity contribution in [1.29, 1.82) is 0 Å². The third-order valence-electron chi connectivity index (χ3n) is 8.99.